The third kappa shape index (κ3) is 2.29. The van der Waals surface area contributed by atoms with Crippen molar-refractivity contribution in [3.05, 3.63) is 17.7 Å². The second-order valence-corrected chi connectivity index (χ2v) is 5.35. The maximum absolute atomic E-state index is 12.6. The van der Waals surface area contributed by atoms with Crippen molar-refractivity contribution >= 4 is 11.9 Å². The van der Waals surface area contributed by atoms with Crippen molar-refractivity contribution in [2.75, 3.05) is 6.54 Å². The van der Waals surface area contributed by atoms with Crippen LogP contribution in [0.15, 0.2) is 6.33 Å². The summed E-state index contributed by atoms with van der Waals surface area (Å²) in [5, 5.41) is 12.4. The molecule has 3 rings (SSSR count). The summed E-state index contributed by atoms with van der Waals surface area (Å²) in [6.07, 6.45) is 4.42. The molecule has 7 heteroatoms. The van der Waals surface area contributed by atoms with Crippen LogP contribution in [-0.4, -0.2) is 50.5 Å². The van der Waals surface area contributed by atoms with E-state index in [4.69, 9.17) is 0 Å². The average molecular weight is 278 g/mol. The summed E-state index contributed by atoms with van der Waals surface area (Å²) in [7, 11) is 0. The SMILES string of the molecule is O=C(O)[C@H]1CCCCN1C(=O)C1Cc2nc[nH]c2CN1. The van der Waals surface area contributed by atoms with Crippen molar-refractivity contribution in [2.45, 2.75) is 44.3 Å². The summed E-state index contributed by atoms with van der Waals surface area (Å²) in [6, 6.07) is -1.05. The quantitative estimate of drug-likeness (QED) is 0.701. The van der Waals surface area contributed by atoms with E-state index in [1.165, 1.54) is 4.90 Å². The van der Waals surface area contributed by atoms with E-state index in [0.717, 1.165) is 24.2 Å². The second kappa shape index (κ2) is 5.24. The molecule has 1 unspecified atom stereocenters. The van der Waals surface area contributed by atoms with Gasteiger partial charge in [0.05, 0.1) is 23.8 Å². The van der Waals surface area contributed by atoms with Crippen molar-refractivity contribution in [3.63, 3.8) is 0 Å². The number of nitrogens with zero attached hydrogens (tertiary/aromatic N) is 2. The van der Waals surface area contributed by atoms with Gasteiger partial charge >= 0.3 is 5.97 Å². The Morgan fingerprint density at radius 3 is 3.05 bits per heavy atom. The van der Waals surface area contributed by atoms with Crippen molar-refractivity contribution in [3.8, 4) is 0 Å². The van der Waals surface area contributed by atoms with Crippen LogP contribution in [0.4, 0.5) is 0 Å². The molecule has 1 aromatic heterocycles. The van der Waals surface area contributed by atoms with Crippen LogP contribution in [-0.2, 0) is 22.6 Å². The summed E-state index contributed by atoms with van der Waals surface area (Å²) in [6.45, 7) is 1.10. The van der Waals surface area contributed by atoms with Gasteiger partial charge in [0, 0.05) is 19.5 Å². The molecular formula is C13H18N4O3. The standard InChI is InChI=1S/C13H18N4O3/c18-12(17-4-2-1-3-11(17)13(19)20)9-5-8-10(6-14-9)16-7-15-8/h7,9,11,14H,1-6H2,(H,15,16)(H,19,20)/t9?,11-/m1/s1. The molecule has 2 atom stereocenters. The zero-order valence-corrected chi connectivity index (χ0v) is 11.1. The number of carboxylic acids is 1. The Bertz CT molecular complexity index is 527. The van der Waals surface area contributed by atoms with Gasteiger partial charge in [-0.05, 0) is 19.3 Å². The van der Waals surface area contributed by atoms with Crippen LogP contribution in [0.25, 0.3) is 0 Å². The molecule has 1 saturated heterocycles. The molecule has 7 nitrogen and oxygen atoms in total. The van der Waals surface area contributed by atoms with E-state index in [1.807, 2.05) is 0 Å². The number of hydrogen-bond donors (Lipinski definition) is 3. The Labute approximate surface area is 116 Å². The van der Waals surface area contributed by atoms with E-state index in [9.17, 15) is 14.7 Å². The smallest absolute Gasteiger partial charge is 0.326 e. The van der Waals surface area contributed by atoms with Gasteiger partial charge in [0.15, 0.2) is 0 Å². The molecule has 2 aliphatic rings. The highest BCUT2D eigenvalue weighted by molar-refractivity contribution is 5.87. The van der Waals surface area contributed by atoms with Crippen molar-refractivity contribution in [2.24, 2.45) is 0 Å². The molecule has 0 aromatic carbocycles. The molecule has 0 saturated carbocycles. The van der Waals surface area contributed by atoms with Crippen LogP contribution in [0.3, 0.4) is 0 Å². The molecule has 20 heavy (non-hydrogen) atoms. The minimum absolute atomic E-state index is 0.120. The van der Waals surface area contributed by atoms with Gasteiger partial charge in [-0.1, -0.05) is 0 Å². The number of hydrogen-bond acceptors (Lipinski definition) is 4. The van der Waals surface area contributed by atoms with Crippen LogP contribution in [0.2, 0.25) is 0 Å². The number of H-pyrrole nitrogens is 1. The maximum atomic E-state index is 12.6. The second-order valence-electron chi connectivity index (χ2n) is 5.35. The molecular weight excluding hydrogens is 260 g/mol. The predicted molar refractivity (Wildman–Crippen MR) is 69.9 cm³/mol. The van der Waals surface area contributed by atoms with E-state index in [0.29, 0.717) is 25.9 Å². The number of nitrogens with one attached hydrogen (secondary N) is 2. The van der Waals surface area contributed by atoms with Crippen molar-refractivity contribution in [1.82, 2.24) is 20.2 Å². The summed E-state index contributed by atoms with van der Waals surface area (Å²) in [4.78, 5) is 32.6. The lowest BCUT2D eigenvalue weighted by atomic mass is 9.98. The van der Waals surface area contributed by atoms with Gasteiger partial charge in [-0.3, -0.25) is 10.1 Å². The summed E-state index contributed by atoms with van der Waals surface area (Å²) >= 11 is 0. The largest absolute Gasteiger partial charge is 0.480 e. The number of aromatic amines is 1. The summed E-state index contributed by atoms with van der Waals surface area (Å²) < 4.78 is 0. The highest BCUT2D eigenvalue weighted by Crippen LogP contribution is 2.21. The van der Waals surface area contributed by atoms with Gasteiger partial charge in [0.1, 0.15) is 6.04 Å². The zero-order chi connectivity index (χ0) is 14.1. The van der Waals surface area contributed by atoms with E-state index in [-0.39, 0.29) is 11.9 Å². The van der Waals surface area contributed by atoms with E-state index >= 15 is 0 Å². The predicted octanol–water partition coefficient (Wildman–Crippen LogP) is -0.110. The molecule has 0 bridgehead atoms. The first-order chi connectivity index (χ1) is 9.66. The molecule has 1 amide bonds. The van der Waals surface area contributed by atoms with Crippen LogP contribution in [0, 0.1) is 0 Å². The number of aliphatic carboxylic acids is 1. The van der Waals surface area contributed by atoms with Gasteiger partial charge in [-0.2, -0.15) is 0 Å². The van der Waals surface area contributed by atoms with Crippen molar-refractivity contribution in [1.29, 1.82) is 0 Å². The monoisotopic (exact) mass is 278 g/mol. The molecule has 108 valence electrons. The third-order valence-electron chi connectivity index (χ3n) is 4.10. The number of likely N-dealkylation sites (tertiary alicyclic amines) is 1. The Morgan fingerprint density at radius 2 is 2.25 bits per heavy atom. The number of imidazole rings is 1. The molecule has 0 spiro atoms. The van der Waals surface area contributed by atoms with Crippen LogP contribution in [0.5, 0.6) is 0 Å². The fraction of sp³-hybridized carbons (Fsp3) is 0.615. The number of rotatable bonds is 2. The number of amides is 1. The first kappa shape index (κ1) is 13.1. The van der Waals surface area contributed by atoms with Crippen LogP contribution >= 0.6 is 0 Å². The number of fused-ring (bicyclic) bond motifs is 1. The summed E-state index contributed by atoms with van der Waals surface area (Å²) in [5.41, 5.74) is 1.90. The van der Waals surface area contributed by atoms with Gasteiger partial charge < -0.3 is 15.0 Å². The number of carbonyl (C=O) groups is 2. The molecule has 0 aliphatic carbocycles. The fourth-order valence-corrected chi connectivity index (χ4v) is 3.00. The molecule has 3 N–H and O–H groups in total. The minimum atomic E-state index is -0.908. The highest BCUT2D eigenvalue weighted by atomic mass is 16.4. The fourth-order valence-electron chi connectivity index (χ4n) is 3.00. The lowest BCUT2D eigenvalue weighted by Crippen LogP contribution is -2.56. The normalized spacial score (nSPS) is 26.1. The van der Waals surface area contributed by atoms with Gasteiger partial charge in [0.25, 0.3) is 0 Å². The van der Waals surface area contributed by atoms with E-state index < -0.39 is 12.0 Å². The van der Waals surface area contributed by atoms with E-state index in [1.54, 1.807) is 6.33 Å². The average Bonchev–Trinajstić information content (AvgIpc) is 2.93. The first-order valence-corrected chi connectivity index (χ1v) is 6.94. The lowest BCUT2D eigenvalue weighted by molar-refractivity contribution is -0.153. The molecule has 2 aliphatic heterocycles. The Morgan fingerprint density at radius 1 is 1.40 bits per heavy atom. The zero-order valence-electron chi connectivity index (χ0n) is 11.1. The molecule has 1 fully saturated rings. The third-order valence-corrected chi connectivity index (χ3v) is 4.10. The Kier molecular flexibility index (Phi) is 3.43. The number of piperidine rings is 1. The molecule has 1 aromatic rings. The molecule has 3 heterocycles. The van der Waals surface area contributed by atoms with Gasteiger partial charge in [-0.25, -0.2) is 9.78 Å². The topological polar surface area (TPSA) is 98.3 Å². The highest BCUT2D eigenvalue weighted by Gasteiger charge is 2.36. The molecule has 0 radical (unpaired) electrons. The Balaban J connectivity index is 1.73. The van der Waals surface area contributed by atoms with Crippen molar-refractivity contribution < 1.29 is 14.7 Å². The number of carbonyl (C=O) groups excluding carboxylic acids is 1. The van der Waals surface area contributed by atoms with Gasteiger partial charge in [-0.15, -0.1) is 0 Å². The maximum Gasteiger partial charge on any atom is 0.326 e. The van der Waals surface area contributed by atoms with E-state index in [2.05, 4.69) is 15.3 Å². The van der Waals surface area contributed by atoms with Crippen LogP contribution in [0.1, 0.15) is 30.7 Å². The minimum Gasteiger partial charge on any atom is -0.480 e. The lowest BCUT2D eigenvalue weighted by Gasteiger charge is -2.36. The van der Waals surface area contributed by atoms with Gasteiger partial charge in [0.2, 0.25) is 5.91 Å². The summed E-state index contributed by atoms with van der Waals surface area (Å²) in [5.74, 6) is -1.03. The number of aromatic nitrogens is 2. The number of carboxylic acid groups (broad SMARTS) is 1. The van der Waals surface area contributed by atoms with Crippen LogP contribution < -0.4 is 5.32 Å². The Hall–Kier alpha value is -1.89. The first-order valence-electron chi connectivity index (χ1n) is 6.94.